The van der Waals surface area contributed by atoms with Crippen molar-refractivity contribution in [3.8, 4) is 0 Å². The molecule has 16 nitrogen and oxygen atoms in total. The molecule has 0 aromatic rings. The van der Waals surface area contributed by atoms with E-state index in [-0.39, 0.29) is 31.3 Å². The molecule has 0 fully saturated rings. The SMILES string of the molecule is CC(C)C(N)C(=O)NC(CCCN=C(N)N)C(=O)NC(CCC(=O)O)C(=O)NC(CCC(=O)O)C(=O)O. The molecule has 0 bridgehead atoms. The number of nitrogens with zero attached hydrogens (tertiary/aromatic N) is 1. The van der Waals surface area contributed by atoms with Gasteiger partial charge < -0.3 is 48.5 Å². The Labute approximate surface area is 213 Å². The first-order chi connectivity index (χ1) is 17.1. The van der Waals surface area contributed by atoms with Gasteiger partial charge >= 0.3 is 17.9 Å². The van der Waals surface area contributed by atoms with Crippen molar-refractivity contribution in [2.75, 3.05) is 6.54 Å². The number of hydrogen-bond donors (Lipinski definition) is 9. The van der Waals surface area contributed by atoms with Gasteiger partial charge in [-0.15, -0.1) is 0 Å². The zero-order chi connectivity index (χ0) is 28.7. The molecule has 3 amide bonds. The third-order valence-corrected chi connectivity index (χ3v) is 5.14. The lowest BCUT2D eigenvalue weighted by atomic mass is 10.0. The van der Waals surface area contributed by atoms with E-state index in [1.807, 2.05) is 0 Å². The molecule has 0 heterocycles. The predicted octanol–water partition coefficient (Wildman–Crippen LogP) is -2.71. The number of hydrogen-bond acceptors (Lipinski definition) is 8. The number of nitrogens with one attached hydrogen (secondary N) is 3. The Morgan fingerprint density at radius 3 is 1.59 bits per heavy atom. The van der Waals surface area contributed by atoms with Gasteiger partial charge in [0.25, 0.3) is 0 Å². The van der Waals surface area contributed by atoms with Crippen LogP contribution in [0.1, 0.15) is 52.4 Å². The van der Waals surface area contributed by atoms with Gasteiger partial charge in [0.15, 0.2) is 5.96 Å². The van der Waals surface area contributed by atoms with Crippen molar-refractivity contribution in [1.29, 1.82) is 0 Å². The lowest BCUT2D eigenvalue weighted by Crippen LogP contribution is -2.57. The van der Waals surface area contributed by atoms with Crippen LogP contribution in [-0.2, 0) is 28.8 Å². The molecule has 12 N–H and O–H groups in total. The molecule has 0 saturated carbocycles. The van der Waals surface area contributed by atoms with E-state index in [4.69, 9.17) is 27.4 Å². The fourth-order valence-electron chi connectivity index (χ4n) is 2.95. The first-order valence-corrected chi connectivity index (χ1v) is 11.5. The van der Waals surface area contributed by atoms with Crippen molar-refractivity contribution in [2.24, 2.45) is 28.1 Å². The van der Waals surface area contributed by atoms with Crippen LogP contribution in [0, 0.1) is 5.92 Å². The van der Waals surface area contributed by atoms with Crippen LogP contribution in [0.2, 0.25) is 0 Å². The monoisotopic (exact) mass is 531 g/mol. The van der Waals surface area contributed by atoms with Gasteiger partial charge in [-0.3, -0.25) is 29.0 Å². The number of aliphatic imine (C=N–C) groups is 1. The number of guanidine groups is 1. The topological polar surface area (TPSA) is 290 Å². The molecule has 37 heavy (non-hydrogen) atoms. The van der Waals surface area contributed by atoms with E-state index in [0.29, 0.717) is 0 Å². The van der Waals surface area contributed by atoms with E-state index in [2.05, 4.69) is 20.9 Å². The molecule has 0 aliphatic rings. The minimum absolute atomic E-state index is 0.0306. The first kappa shape index (κ1) is 33.0. The molecule has 0 saturated heterocycles. The number of nitrogens with two attached hydrogens (primary N) is 3. The number of carbonyl (C=O) groups is 6. The van der Waals surface area contributed by atoms with Gasteiger partial charge in [0, 0.05) is 19.4 Å². The lowest BCUT2D eigenvalue weighted by molar-refractivity contribution is -0.144. The van der Waals surface area contributed by atoms with E-state index in [1.54, 1.807) is 13.8 Å². The Hall–Kier alpha value is -3.95. The standard InChI is InChI=1S/C21H37N7O9/c1-10(2)16(22)19(35)27-11(4-3-9-25-21(23)24)17(33)26-12(5-7-14(29)30)18(34)28-13(20(36)37)6-8-15(31)32/h10-13,16H,3-9,22H2,1-2H3,(H,26,33)(H,27,35)(H,28,34)(H,29,30)(H,31,32)(H,36,37)(H4,23,24,25). The summed E-state index contributed by atoms with van der Waals surface area (Å²) in [7, 11) is 0. The Bertz CT molecular complexity index is 859. The van der Waals surface area contributed by atoms with E-state index < -0.39 is 85.5 Å². The normalized spacial score (nSPS) is 13.9. The summed E-state index contributed by atoms with van der Waals surface area (Å²) in [5.74, 6) is -7.01. The summed E-state index contributed by atoms with van der Waals surface area (Å²) in [5.41, 5.74) is 16.4. The highest BCUT2D eigenvalue weighted by Gasteiger charge is 2.31. The third-order valence-electron chi connectivity index (χ3n) is 5.14. The molecular formula is C21H37N7O9. The van der Waals surface area contributed by atoms with Gasteiger partial charge in [-0.2, -0.15) is 0 Å². The minimum atomic E-state index is -1.59. The number of carboxylic acid groups (broad SMARTS) is 3. The van der Waals surface area contributed by atoms with Gasteiger partial charge in [0.05, 0.1) is 6.04 Å². The molecule has 210 valence electrons. The molecule has 0 aromatic heterocycles. The molecule has 16 heteroatoms. The highest BCUT2D eigenvalue weighted by atomic mass is 16.4. The van der Waals surface area contributed by atoms with Crippen molar-refractivity contribution < 1.29 is 44.1 Å². The number of rotatable bonds is 18. The largest absolute Gasteiger partial charge is 0.481 e. The quantitative estimate of drug-likeness (QED) is 0.0495. The molecule has 4 unspecified atom stereocenters. The molecule has 4 atom stereocenters. The van der Waals surface area contributed by atoms with Gasteiger partial charge in [-0.1, -0.05) is 13.8 Å². The number of carboxylic acids is 3. The zero-order valence-electron chi connectivity index (χ0n) is 20.8. The second-order valence-corrected chi connectivity index (χ2v) is 8.61. The Balaban J connectivity index is 5.69. The molecule has 0 spiro atoms. The molecule has 0 aromatic carbocycles. The predicted molar refractivity (Wildman–Crippen MR) is 130 cm³/mol. The summed E-state index contributed by atoms with van der Waals surface area (Å²) in [5, 5.41) is 34.0. The average molecular weight is 532 g/mol. The first-order valence-electron chi connectivity index (χ1n) is 11.5. The minimum Gasteiger partial charge on any atom is -0.481 e. The smallest absolute Gasteiger partial charge is 0.326 e. The van der Waals surface area contributed by atoms with Crippen molar-refractivity contribution in [3.63, 3.8) is 0 Å². The maximum Gasteiger partial charge on any atom is 0.326 e. The zero-order valence-corrected chi connectivity index (χ0v) is 20.8. The van der Waals surface area contributed by atoms with Crippen LogP contribution in [0.15, 0.2) is 4.99 Å². The van der Waals surface area contributed by atoms with Crippen LogP contribution in [-0.4, -0.2) is 87.6 Å². The molecule has 0 rings (SSSR count). The molecular weight excluding hydrogens is 494 g/mol. The summed E-state index contributed by atoms with van der Waals surface area (Å²) in [6, 6.07) is -5.23. The maximum absolute atomic E-state index is 13.0. The second kappa shape index (κ2) is 16.7. The van der Waals surface area contributed by atoms with E-state index in [9.17, 15) is 33.9 Å². The maximum atomic E-state index is 13.0. The molecule has 0 aliphatic heterocycles. The summed E-state index contributed by atoms with van der Waals surface area (Å²) in [4.78, 5) is 75.3. The van der Waals surface area contributed by atoms with Gasteiger partial charge in [-0.25, -0.2) is 4.79 Å². The Morgan fingerprint density at radius 1 is 0.730 bits per heavy atom. The Kier molecular flexibility index (Phi) is 14.9. The van der Waals surface area contributed by atoms with Crippen LogP contribution in [0.3, 0.4) is 0 Å². The van der Waals surface area contributed by atoms with Crippen molar-refractivity contribution in [3.05, 3.63) is 0 Å². The van der Waals surface area contributed by atoms with Crippen LogP contribution >= 0.6 is 0 Å². The second-order valence-electron chi connectivity index (χ2n) is 8.61. The van der Waals surface area contributed by atoms with Crippen LogP contribution in [0.25, 0.3) is 0 Å². The van der Waals surface area contributed by atoms with Crippen LogP contribution < -0.4 is 33.2 Å². The summed E-state index contributed by atoms with van der Waals surface area (Å²) < 4.78 is 0. The number of aliphatic carboxylic acids is 3. The summed E-state index contributed by atoms with van der Waals surface area (Å²) >= 11 is 0. The lowest BCUT2D eigenvalue weighted by Gasteiger charge is -2.25. The van der Waals surface area contributed by atoms with Gasteiger partial charge in [0.2, 0.25) is 17.7 Å². The summed E-state index contributed by atoms with van der Waals surface area (Å²) in [6.07, 6.45) is -1.67. The fraction of sp³-hybridized carbons (Fsp3) is 0.667. The van der Waals surface area contributed by atoms with E-state index >= 15 is 0 Å². The van der Waals surface area contributed by atoms with E-state index in [1.165, 1.54) is 0 Å². The number of carbonyl (C=O) groups excluding carboxylic acids is 3. The van der Waals surface area contributed by atoms with Gasteiger partial charge in [-0.05, 0) is 31.6 Å². The van der Waals surface area contributed by atoms with Crippen molar-refractivity contribution >= 4 is 41.6 Å². The highest BCUT2D eigenvalue weighted by molar-refractivity contribution is 5.94. The van der Waals surface area contributed by atoms with Crippen molar-refractivity contribution in [1.82, 2.24) is 16.0 Å². The Morgan fingerprint density at radius 2 is 1.16 bits per heavy atom. The highest BCUT2D eigenvalue weighted by Crippen LogP contribution is 2.07. The van der Waals surface area contributed by atoms with Crippen LogP contribution in [0.5, 0.6) is 0 Å². The van der Waals surface area contributed by atoms with E-state index in [0.717, 1.165) is 0 Å². The average Bonchev–Trinajstić information content (AvgIpc) is 2.79. The number of amides is 3. The fourth-order valence-corrected chi connectivity index (χ4v) is 2.95. The van der Waals surface area contributed by atoms with Crippen LogP contribution in [0.4, 0.5) is 0 Å². The molecule has 0 aliphatic carbocycles. The summed E-state index contributed by atoms with van der Waals surface area (Å²) in [6.45, 7) is 3.53. The van der Waals surface area contributed by atoms with Gasteiger partial charge in [0.1, 0.15) is 18.1 Å². The molecule has 0 radical (unpaired) electrons. The van der Waals surface area contributed by atoms with Crippen molar-refractivity contribution in [2.45, 2.75) is 76.5 Å². The third kappa shape index (κ3) is 14.3.